The minimum atomic E-state index is -0.528. The number of ether oxygens (including phenoxy) is 3. The van der Waals surface area contributed by atoms with Crippen molar-refractivity contribution < 1.29 is 28.6 Å². The summed E-state index contributed by atoms with van der Waals surface area (Å²) in [5, 5.41) is 2.42. The molecule has 0 unspecified atom stereocenters. The zero-order chi connectivity index (χ0) is 26.3. The molecule has 0 spiro atoms. The zero-order valence-corrected chi connectivity index (χ0v) is 22.6. The van der Waals surface area contributed by atoms with Crippen molar-refractivity contribution in [3.05, 3.63) is 58.1 Å². The first-order valence-electron chi connectivity index (χ1n) is 11.6. The van der Waals surface area contributed by atoms with E-state index in [4.69, 9.17) is 26.4 Å². The molecule has 9 nitrogen and oxygen atoms in total. The van der Waals surface area contributed by atoms with Crippen molar-refractivity contribution in [1.82, 2.24) is 16.2 Å². The lowest BCUT2D eigenvalue weighted by Gasteiger charge is -2.14. The van der Waals surface area contributed by atoms with E-state index in [2.05, 4.69) is 39.0 Å². The van der Waals surface area contributed by atoms with Crippen LogP contribution in [0.3, 0.4) is 0 Å². The molecule has 0 heterocycles. The number of carbonyl (C=O) groups excluding carboxylic acids is 3. The van der Waals surface area contributed by atoms with Crippen molar-refractivity contribution in [1.29, 1.82) is 0 Å². The van der Waals surface area contributed by atoms with Gasteiger partial charge in [0.05, 0.1) is 24.3 Å². The van der Waals surface area contributed by atoms with Crippen molar-refractivity contribution in [2.24, 2.45) is 0 Å². The SMILES string of the molecule is CCCCCCOc1ccc(Br)cc1C(=O)NC(=S)NNC(=O)COc1ccc(C(=O)OCC)cc1. The third-order valence-corrected chi connectivity index (χ3v) is 5.42. The molecule has 3 N–H and O–H groups in total. The zero-order valence-electron chi connectivity index (χ0n) is 20.2. The van der Waals surface area contributed by atoms with Gasteiger partial charge in [-0.05, 0) is 68.0 Å². The number of unbranched alkanes of at least 4 members (excludes halogenated alkanes) is 3. The molecule has 0 saturated heterocycles. The van der Waals surface area contributed by atoms with Crippen molar-refractivity contribution in [3.63, 3.8) is 0 Å². The lowest BCUT2D eigenvalue weighted by molar-refractivity contribution is -0.123. The third-order valence-electron chi connectivity index (χ3n) is 4.72. The first kappa shape index (κ1) is 29.1. The van der Waals surface area contributed by atoms with E-state index >= 15 is 0 Å². The number of hydrogen-bond donors (Lipinski definition) is 3. The van der Waals surface area contributed by atoms with Crippen LogP contribution < -0.4 is 25.6 Å². The monoisotopic (exact) mass is 579 g/mol. The molecule has 0 aliphatic carbocycles. The highest BCUT2D eigenvalue weighted by Gasteiger charge is 2.15. The van der Waals surface area contributed by atoms with Gasteiger partial charge in [-0.3, -0.25) is 25.8 Å². The summed E-state index contributed by atoms with van der Waals surface area (Å²) in [5.74, 6) is -0.605. The quantitative estimate of drug-likeness (QED) is 0.147. The van der Waals surface area contributed by atoms with E-state index in [0.29, 0.717) is 33.7 Å². The number of nitrogens with one attached hydrogen (secondary N) is 3. The van der Waals surface area contributed by atoms with Gasteiger partial charge in [-0.15, -0.1) is 0 Å². The second kappa shape index (κ2) is 15.7. The van der Waals surface area contributed by atoms with Gasteiger partial charge < -0.3 is 14.2 Å². The van der Waals surface area contributed by atoms with Crippen LogP contribution in [0.15, 0.2) is 46.9 Å². The summed E-state index contributed by atoms with van der Waals surface area (Å²) < 4.78 is 16.8. The summed E-state index contributed by atoms with van der Waals surface area (Å²) in [6.45, 7) is 4.33. The molecule has 11 heteroatoms. The smallest absolute Gasteiger partial charge is 0.338 e. The maximum atomic E-state index is 12.7. The van der Waals surface area contributed by atoms with Gasteiger partial charge in [-0.25, -0.2) is 4.79 Å². The normalized spacial score (nSPS) is 10.2. The summed E-state index contributed by atoms with van der Waals surface area (Å²) in [5.41, 5.74) is 5.51. The number of hydrogen-bond acceptors (Lipinski definition) is 7. The predicted octanol–water partition coefficient (Wildman–Crippen LogP) is 4.30. The van der Waals surface area contributed by atoms with E-state index in [1.807, 2.05) is 0 Å². The van der Waals surface area contributed by atoms with Crippen molar-refractivity contribution in [3.8, 4) is 11.5 Å². The maximum Gasteiger partial charge on any atom is 0.338 e. The van der Waals surface area contributed by atoms with Gasteiger partial charge in [0.1, 0.15) is 11.5 Å². The Hall–Kier alpha value is -3.18. The highest BCUT2D eigenvalue weighted by molar-refractivity contribution is 9.10. The Balaban J connectivity index is 1.79. The fraction of sp³-hybridized carbons (Fsp3) is 0.360. The van der Waals surface area contributed by atoms with Crippen LogP contribution in [-0.2, 0) is 9.53 Å². The van der Waals surface area contributed by atoms with Crippen LogP contribution >= 0.6 is 28.1 Å². The van der Waals surface area contributed by atoms with Crippen molar-refractivity contribution in [2.75, 3.05) is 19.8 Å². The molecule has 0 fully saturated rings. The highest BCUT2D eigenvalue weighted by Crippen LogP contribution is 2.23. The standard InChI is InChI=1S/C25H30BrN3O6S/c1-3-5-6-7-14-34-21-13-10-18(26)15-20(21)23(31)27-25(36)29-28-22(30)16-35-19-11-8-17(9-12-19)24(32)33-4-2/h8-13,15H,3-7,14,16H2,1-2H3,(H,28,30)(H2,27,29,31,36). The largest absolute Gasteiger partial charge is 0.493 e. The molecular weight excluding hydrogens is 550 g/mol. The Bertz CT molecular complexity index is 1050. The van der Waals surface area contributed by atoms with Crippen LogP contribution in [-0.4, -0.2) is 42.7 Å². The fourth-order valence-electron chi connectivity index (χ4n) is 2.93. The van der Waals surface area contributed by atoms with E-state index in [0.717, 1.165) is 25.7 Å². The highest BCUT2D eigenvalue weighted by atomic mass is 79.9. The minimum absolute atomic E-state index is 0.0963. The van der Waals surface area contributed by atoms with E-state index in [1.54, 1.807) is 49.4 Å². The molecule has 2 amide bonds. The summed E-state index contributed by atoms with van der Waals surface area (Å²) in [6.07, 6.45) is 4.22. The molecule has 36 heavy (non-hydrogen) atoms. The Morgan fingerprint density at radius 2 is 1.69 bits per heavy atom. The summed E-state index contributed by atoms with van der Waals surface area (Å²) in [4.78, 5) is 36.5. The fourth-order valence-corrected chi connectivity index (χ4v) is 3.44. The number of rotatable bonds is 12. The molecule has 2 aromatic carbocycles. The number of amides is 2. The van der Waals surface area contributed by atoms with Crippen LogP contribution in [0.25, 0.3) is 0 Å². The van der Waals surface area contributed by atoms with Crippen molar-refractivity contribution >= 4 is 51.0 Å². The molecule has 194 valence electrons. The molecule has 2 aromatic rings. The number of halogens is 1. The predicted molar refractivity (Wildman–Crippen MR) is 143 cm³/mol. The Morgan fingerprint density at radius 3 is 2.39 bits per heavy atom. The van der Waals surface area contributed by atoms with E-state index < -0.39 is 17.8 Å². The van der Waals surface area contributed by atoms with Crippen molar-refractivity contribution in [2.45, 2.75) is 39.5 Å². The maximum absolute atomic E-state index is 12.7. The number of benzene rings is 2. The number of hydrazine groups is 1. The van der Waals surface area contributed by atoms with Crippen LogP contribution in [0.5, 0.6) is 11.5 Å². The molecule has 0 radical (unpaired) electrons. The van der Waals surface area contributed by atoms with Gasteiger partial charge in [0.15, 0.2) is 11.7 Å². The first-order valence-corrected chi connectivity index (χ1v) is 12.8. The second-order valence-corrected chi connectivity index (χ2v) is 8.86. The molecule has 0 bridgehead atoms. The van der Waals surface area contributed by atoms with Gasteiger partial charge in [0.25, 0.3) is 11.8 Å². The third kappa shape index (κ3) is 10.2. The number of thiocarbonyl (C=S) groups is 1. The lowest BCUT2D eigenvalue weighted by Crippen LogP contribution is -2.49. The van der Waals surface area contributed by atoms with Gasteiger partial charge in [0.2, 0.25) is 0 Å². The van der Waals surface area contributed by atoms with E-state index in [-0.39, 0.29) is 18.3 Å². The summed E-state index contributed by atoms with van der Waals surface area (Å²) in [7, 11) is 0. The molecular formula is C25H30BrN3O6S. The average Bonchev–Trinajstić information content (AvgIpc) is 2.87. The van der Waals surface area contributed by atoms with E-state index in [9.17, 15) is 14.4 Å². The van der Waals surface area contributed by atoms with Crippen LogP contribution in [0, 0.1) is 0 Å². The van der Waals surface area contributed by atoms with Gasteiger partial charge >= 0.3 is 5.97 Å². The van der Waals surface area contributed by atoms with E-state index in [1.165, 1.54) is 0 Å². The molecule has 2 rings (SSSR count). The Labute approximate surface area is 224 Å². The lowest BCUT2D eigenvalue weighted by atomic mass is 10.2. The second-order valence-electron chi connectivity index (χ2n) is 7.54. The Morgan fingerprint density at radius 1 is 0.944 bits per heavy atom. The molecule has 0 saturated carbocycles. The molecule has 0 aromatic heterocycles. The van der Waals surface area contributed by atoms with Gasteiger partial charge in [-0.2, -0.15) is 0 Å². The Kier molecular flexibility index (Phi) is 12.7. The topological polar surface area (TPSA) is 115 Å². The summed E-state index contributed by atoms with van der Waals surface area (Å²) in [6, 6.07) is 11.3. The molecule has 0 aliphatic rings. The number of esters is 1. The van der Waals surface area contributed by atoms with Gasteiger partial charge in [0, 0.05) is 4.47 Å². The minimum Gasteiger partial charge on any atom is -0.493 e. The number of carbonyl (C=O) groups is 3. The first-order chi connectivity index (χ1) is 17.3. The van der Waals surface area contributed by atoms with Crippen LogP contribution in [0.1, 0.15) is 60.2 Å². The van der Waals surface area contributed by atoms with Crippen LogP contribution in [0.4, 0.5) is 0 Å². The van der Waals surface area contributed by atoms with Gasteiger partial charge in [-0.1, -0.05) is 42.1 Å². The van der Waals surface area contributed by atoms with Crippen LogP contribution in [0.2, 0.25) is 0 Å². The molecule has 0 aliphatic heterocycles. The summed E-state index contributed by atoms with van der Waals surface area (Å²) >= 11 is 8.46. The molecule has 0 atom stereocenters. The average molecular weight is 581 g/mol.